The second kappa shape index (κ2) is 7.63. The Labute approximate surface area is 182 Å². The van der Waals surface area contributed by atoms with Crippen LogP contribution in [0.4, 0.5) is 0 Å². The first-order chi connectivity index (χ1) is 14.5. The van der Waals surface area contributed by atoms with Gasteiger partial charge in [0.2, 0.25) is 0 Å². The molecule has 1 fully saturated rings. The van der Waals surface area contributed by atoms with Crippen LogP contribution in [0.1, 0.15) is 33.8 Å². The summed E-state index contributed by atoms with van der Waals surface area (Å²) in [5, 5.41) is 1.31. The second-order valence-corrected chi connectivity index (χ2v) is 9.18. The van der Waals surface area contributed by atoms with E-state index in [9.17, 15) is 9.59 Å². The summed E-state index contributed by atoms with van der Waals surface area (Å²) in [7, 11) is 2.09. The molecule has 1 aliphatic heterocycles. The largest absolute Gasteiger partial charge is 0.454 e. The number of carbonyl (C=O) groups excluding carboxylic acids is 2. The Bertz CT molecular complexity index is 1140. The number of ketones is 1. The van der Waals surface area contributed by atoms with E-state index in [0.29, 0.717) is 28.5 Å². The van der Waals surface area contributed by atoms with Gasteiger partial charge in [0.05, 0.1) is 5.56 Å². The van der Waals surface area contributed by atoms with Gasteiger partial charge in [0, 0.05) is 58.4 Å². The molecule has 3 aromatic rings. The van der Waals surface area contributed by atoms with Crippen molar-refractivity contribution in [2.24, 2.45) is 5.92 Å². The lowest BCUT2D eigenvalue weighted by atomic mass is 9.72. The highest BCUT2D eigenvalue weighted by molar-refractivity contribution is 9.10. The first-order valence-electron chi connectivity index (χ1n) is 10.1. The number of nitrogens with zero attached hydrogens (tertiary/aromatic N) is 2. The second-order valence-electron chi connectivity index (χ2n) is 8.27. The standard InChI is InChI=1S/C23H22BrN3O3/c1-27-11-15(21(28)12-30-23(29)14-5-16(24)10-25-8-14)6-18-17-3-2-4-19-22(17)13(9-26-19)7-20(18)27/h2-5,8-10,15,18,20,26H,6-7,11-12H2,1H3/t15?,18?,20-/m1/s1. The molecule has 1 saturated heterocycles. The third-order valence-electron chi connectivity index (χ3n) is 6.47. The highest BCUT2D eigenvalue weighted by atomic mass is 79.9. The number of rotatable bonds is 4. The van der Waals surface area contributed by atoms with Crippen LogP contribution in [0, 0.1) is 5.92 Å². The summed E-state index contributed by atoms with van der Waals surface area (Å²) in [6.07, 6.45) is 6.92. The van der Waals surface area contributed by atoms with Crippen molar-refractivity contribution in [3.8, 4) is 0 Å². The highest BCUT2D eigenvalue weighted by Gasteiger charge is 2.41. The van der Waals surface area contributed by atoms with Crippen LogP contribution >= 0.6 is 15.9 Å². The van der Waals surface area contributed by atoms with Gasteiger partial charge in [0.25, 0.3) is 0 Å². The Morgan fingerprint density at radius 1 is 1.33 bits per heavy atom. The number of carbonyl (C=O) groups is 2. The first-order valence-corrected chi connectivity index (χ1v) is 10.9. The summed E-state index contributed by atoms with van der Waals surface area (Å²) in [6.45, 7) is 0.479. The molecule has 154 valence electrons. The predicted molar refractivity (Wildman–Crippen MR) is 116 cm³/mol. The van der Waals surface area contributed by atoms with Gasteiger partial charge in [-0.3, -0.25) is 9.78 Å². The van der Waals surface area contributed by atoms with Crippen molar-refractivity contribution in [1.29, 1.82) is 0 Å². The molecular weight excluding hydrogens is 446 g/mol. The Kier molecular flexibility index (Phi) is 4.95. The number of fused-ring (bicyclic) bond motifs is 2. The van der Waals surface area contributed by atoms with E-state index in [0.717, 1.165) is 18.4 Å². The number of hydrogen-bond donors (Lipinski definition) is 1. The molecule has 0 spiro atoms. The number of nitrogens with one attached hydrogen (secondary N) is 1. The van der Waals surface area contributed by atoms with Gasteiger partial charge in [-0.1, -0.05) is 12.1 Å². The number of likely N-dealkylation sites (N-methyl/N-ethyl adjacent to an activating group) is 1. The van der Waals surface area contributed by atoms with Crippen LogP contribution in [0.2, 0.25) is 0 Å². The molecule has 2 unspecified atom stereocenters. The number of ether oxygens (including phenoxy) is 1. The summed E-state index contributed by atoms with van der Waals surface area (Å²) in [5.41, 5.74) is 4.17. The normalized spacial score (nSPS) is 23.2. The number of piperidine rings is 1. The van der Waals surface area contributed by atoms with E-state index in [1.807, 2.05) is 0 Å². The molecule has 1 N–H and O–H groups in total. The SMILES string of the molecule is CN1CC(C(=O)COC(=O)c2cncc(Br)c2)CC2c3cccc4[nH]cc(c34)C[C@H]21. The molecular formula is C23H22BrN3O3. The summed E-state index contributed by atoms with van der Waals surface area (Å²) in [5.74, 6) is -0.405. The zero-order valence-corrected chi connectivity index (χ0v) is 18.2. The van der Waals surface area contributed by atoms with Crippen molar-refractivity contribution < 1.29 is 14.3 Å². The van der Waals surface area contributed by atoms with Crippen molar-refractivity contribution in [3.05, 3.63) is 64.0 Å². The maximum atomic E-state index is 12.9. The molecule has 3 atom stereocenters. The molecule has 0 saturated carbocycles. The van der Waals surface area contributed by atoms with E-state index < -0.39 is 5.97 Å². The van der Waals surface area contributed by atoms with Crippen molar-refractivity contribution in [2.45, 2.75) is 24.8 Å². The Balaban J connectivity index is 1.31. The van der Waals surface area contributed by atoms with E-state index in [-0.39, 0.29) is 18.3 Å². The number of aromatic nitrogens is 2. The lowest BCUT2D eigenvalue weighted by Crippen LogP contribution is -2.50. The number of likely N-dealkylation sites (tertiary alicyclic amines) is 1. The molecule has 30 heavy (non-hydrogen) atoms. The summed E-state index contributed by atoms with van der Waals surface area (Å²) in [4.78, 5) is 34.8. The third-order valence-corrected chi connectivity index (χ3v) is 6.90. The van der Waals surface area contributed by atoms with E-state index in [2.05, 4.69) is 62.2 Å². The van der Waals surface area contributed by atoms with E-state index in [1.165, 1.54) is 22.7 Å². The van der Waals surface area contributed by atoms with Crippen molar-refractivity contribution in [2.75, 3.05) is 20.2 Å². The third kappa shape index (κ3) is 3.36. The van der Waals surface area contributed by atoms with Crippen molar-refractivity contribution >= 4 is 38.6 Å². The molecule has 0 amide bonds. The number of benzene rings is 1. The zero-order valence-electron chi connectivity index (χ0n) is 16.6. The van der Waals surface area contributed by atoms with Gasteiger partial charge in [-0.15, -0.1) is 0 Å². The maximum absolute atomic E-state index is 12.9. The minimum Gasteiger partial charge on any atom is -0.454 e. The molecule has 1 aromatic carbocycles. The van der Waals surface area contributed by atoms with Gasteiger partial charge in [0.1, 0.15) is 0 Å². The van der Waals surface area contributed by atoms with Crippen LogP contribution in [0.15, 0.2) is 47.3 Å². The van der Waals surface area contributed by atoms with E-state index in [1.54, 1.807) is 12.3 Å². The molecule has 2 aromatic heterocycles. The van der Waals surface area contributed by atoms with Crippen LogP contribution in [-0.4, -0.2) is 52.9 Å². The van der Waals surface area contributed by atoms with E-state index in [4.69, 9.17) is 4.74 Å². The Hall–Kier alpha value is -2.51. The Morgan fingerprint density at radius 3 is 3.03 bits per heavy atom. The fourth-order valence-electron chi connectivity index (χ4n) is 5.04. The van der Waals surface area contributed by atoms with Crippen LogP contribution in [-0.2, 0) is 16.0 Å². The van der Waals surface area contributed by atoms with Crippen LogP contribution < -0.4 is 0 Å². The minimum atomic E-state index is -0.529. The number of pyridine rings is 1. The predicted octanol–water partition coefficient (Wildman–Crippen LogP) is 3.71. The zero-order chi connectivity index (χ0) is 20.8. The number of halogens is 1. The first kappa shape index (κ1) is 19.5. The number of Topliss-reactive ketones (excluding diaryl/α,β-unsaturated/α-hetero) is 1. The monoisotopic (exact) mass is 467 g/mol. The van der Waals surface area contributed by atoms with Crippen molar-refractivity contribution in [3.63, 3.8) is 0 Å². The number of aromatic amines is 1. The van der Waals surface area contributed by atoms with Crippen LogP contribution in [0.5, 0.6) is 0 Å². The summed E-state index contributed by atoms with van der Waals surface area (Å²) < 4.78 is 5.99. The Morgan fingerprint density at radius 2 is 2.20 bits per heavy atom. The lowest BCUT2D eigenvalue weighted by molar-refractivity contribution is -0.128. The minimum absolute atomic E-state index is 0.0244. The molecule has 6 nitrogen and oxygen atoms in total. The molecule has 0 bridgehead atoms. The van der Waals surface area contributed by atoms with Crippen molar-refractivity contribution in [1.82, 2.24) is 14.9 Å². The van der Waals surface area contributed by atoms with Gasteiger partial charge < -0.3 is 14.6 Å². The lowest BCUT2D eigenvalue weighted by Gasteiger charge is -2.45. The van der Waals surface area contributed by atoms with Crippen LogP contribution in [0.25, 0.3) is 10.9 Å². The number of hydrogen-bond acceptors (Lipinski definition) is 5. The molecule has 3 heterocycles. The number of esters is 1. The van der Waals surface area contributed by atoms with Gasteiger partial charge in [0.15, 0.2) is 12.4 Å². The average Bonchev–Trinajstić information content (AvgIpc) is 3.16. The maximum Gasteiger partial charge on any atom is 0.340 e. The molecule has 0 radical (unpaired) electrons. The van der Waals surface area contributed by atoms with Gasteiger partial charge >= 0.3 is 5.97 Å². The van der Waals surface area contributed by atoms with Gasteiger partial charge in [-0.25, -0.2) is 4.79 Å². The van der Waals surface area contributed by atoms with Gasteiger partial charge in [-0.2, -0.15) is 0 Å². The summed E-state index contributed by atoms with van der Waals surface area (Å²) >= 11 is 3.29. The number of H-pyrrole nitrogens is 1. The van der Waals surface area contributed by atoms with Crippen LogP contribution in [0.3, 0.4) is 0 Å². The fourth-order valence-corrected chi connectivity index (χ4v) is 5.40. The van der Waals surface area contributed by atoms with Gasteiger partial charge in [-0.05, 0) is 59.1 Å². The van der Waals surface area contributed by atoms with E-state index >= 15 is 0 Å². The fraction of sp³-hybridized carbons (Fsp3) is 0.348. The molecule has 7 heteroatoms. The molecule has 5 rings (SSSR count). The molecule has 2 aliphatic rings. The quantitative estimate of drug-likeness (QED) is 0.591. The summed E-state index contributed by atoms with van der Waals surface area (Å²) in [6, 6.07) is 8.40. The topological polar surface area (TPSA) is 75.3 Å². The smallest absolute Gasteiger partial charge is 0.340 e. The molecule has 1 aliphatic carbocycles. The highest BCUT2D eigenvalue weighted by Crippen LogP contribution is 2.44. The average molecular weight is 468 g/mol.